The maximum absolute atomic E-state index is 11.9. The zero-order chi connectivity index (χ0) is 18.0. The minimum absolute atomic E-state index is 0.235. The third-order valence-corrected chi connectivity index (χ3v) is 5.63. The summed E-state index contributed by atoms with van der Waals surface area (Å²) in [4.78, 5) is 27.7. The first-order chi connectivity index (χ1) is 12.0. The van der Waals surface area contributed by atoms with E-state index in [1.165, 1.54) is 10.4 Å². The molecular weight excluding hydrogens is 338 g/mol. The minimum atomic E-state index is -0.235. The van der Waals surface area contributed by atoms with E-state index in [2.05, 4.69) is 23.7 Å². The van der Waals surface area contributed by atoms with Crippen LogP contribution in [0, 0.1) is 13.8 Å². The van der Waals surface area contributed by atoms with Gasteiger partial charge in [0.15, 0.2) is 0 Å². The van der Waals surface area contributed by atoms with Gasteiger partial charge in [-0.1, -0.05) is 0 Å². The summed E-state index contributed by atoms with van der Waals surface area (Å²) in [6.45, 7) is 9.75. The van der Waals surface area contributed by atoms with E-state index in [1.807, 2.05) is 6.92 Å². The molecule has 0 radical (unpaired) electrons. The number of aromatic nitrogens is 2. The first-order valence-corrected chi connectivity index (χ1v) is 9.50. The summed E-state index contributed by atoms with van der Waals surface area (Å²) in [5, 5.41) is 1.13. The van der Waals surface area contributed by atoms with Crippen LogP contribution >= 0.6 is 11.3 Å². The van der Waals surface area contributed by atoms with Gasteiger partial charge in [0, 0.05) is 37.5 Å². The number of carbonyl (C=O) groups is 1. The molecule has 25 heavy (non-hydrogen) atoms. The highest BCUT2D eigenvalue weighted by molar-refractivity contribution is 7.18. The van der Waals surface area contributed by atoms with Gasteiger partial charge in [-0.3, -0.25) is 0 Å². The van der Waals surface area contributed by atoms with Gasteiger partial charge < -0.3 is 20.3 Å². The molecule has 1 aliphatic rings. The second-order valence-corrected chi connectivity index (χ2v) is 7.34. The van der Waals surface area contributed by atoms with Crippen molar-refractivity contribution in [3.8, 4) is 0 Å². The summed E-state index contributed by atoms with van der Waals surface area (Å²) < 4.78 is 5.10. The molecule has 0 saturated carbocycles. The molecule has 0 atom stereocenters. The molecule has 1 amide bonds. The van der Waals surface area contributed by atoms with Crippen LogP contribution in [0.4, 0.5) is 10.6 Å². The molecule has 2 aromatic rings. The Labute approximate surface area is 151 Å². The van der Waals surface area contributed by atoms with E-state index in [-0.39, 0.29) is 6.09 Å². The highest BCUT2D eigenvalue weighted by atomic mass is 32.1. The zero-order valence-electron chi connectivity index (χ0n) is 15.0. The fraction of sp³-hybridized carbons (Fsp3) is 0.588. The predicted molar refractivity (Wildman–Crippen MR) is 100 cm³/mol. The van der Waals surface area contributed by atoms with E-state index in [4.69, 9.17) is 15.5 Å². The number of amides is 1. The average Bonchev–Trinajstić information content (AvgIpc) is 2.89. The maximum Gasteiger partial charge on any atom is 0.409 e. The van der Waals surface area contributed by atoms with Crippen molar-refractivity contribution in [3.05, 3.63) is 16.3 Å². The number of aryl methyl sites for hydroxylation is 2. The number of hydrogen-bond donors (Lipinski definition) is 1. The molecule has 0 bridgehead atoms. The monoisotopic (exact) mass is 363 g/mol. The van der Waals surface area contributed by atoms with Crippen LogP contribution in [0.3, 0.4) is 0 Å². The Morgan fingerprint density at radius 3 is 2.60 bits per heavy atom. The van der Waals surface area contributed by atoms with E-state index < -0.39 is 0 Å². The summed E-state index contributed by atoms with van der Waals surface area (Å²) in [5.41, 5.74) is 6.94. The number of nitrogens with zero attached hydrogens (tertiary/aromatic N) is 4. The van der Waals surface area contributed by atoms with Gasteiger partial charge in [-0.25, -0.2) is 14.8 Å². The SMILES string of the molecule is CCOC(=O)N1CCN(c2nc(CCN)nc3sc(C)c(C)c23)CC1. The molecule has 0 aliphatic carbocycles. The van der Waals surface area contributed by atoms with Gasteiger partial charge in [0.05, 0.1) is 12.0 Å². The predicted octanol–water partition coefficient (Wildman–Crippen LogP) is 2.09. The van der Waals surface area contributed by atoms with Crippen molar-refractivity contribution >= 4 is 33.5 Å². The smallest absolute Gasteiger partial charge is 0.409 e. The molecule has 1 aliphatic heterocycles. The lowest BCUT2D eigenvalue weighted by atomic mass is 10.2. The number of hydrogen-bond acceptors (Lipinski definition) is 7. The fourth-order valence-corrected chi connectivity index (χ4v) is 4.10. The van der Waals surface area contributed by atoms with Gasteiger partial charge in [0.25, 0.3) is 0 Å². The van der Waals surface area contributed by atoms with Crippen LogP contribution in [0.1, 0.15) is 23.2 Å². The second kappa shape index (κ2) is 7.53. The Morgan fingerprint density at radius 1 is 1.24 bits per heavy atom. The normalized spacial score (nSPS) is 15.0. The Bertz CT molecular complexity index is 768. The van der Waals surface area contributed by atoms with E-state index in [0.29, 0.717) is 32.7 Å². The van der Waals surface area contributed by atoms with E-state index in [9.17, 15) is 4.79 Å². The summed E-state index contributed by atoms with van der Waals surface area (Å²) >= 11 is 1.71. The topological polar surface area (TPSA) is 84.6 Å². The Kier molecular flexibility index (Phi) is 5.39. The van der Waals surface area contributed by atoms with Crippen molar-refractivity contribution in [1.29, 1.82) is 0 Å². The molecule has 0 spiro atoms. The van der Waals surface area contributed by atoms with Crippen LogP contribution in [0.2, 0.25) is 0 Å². The zero-order valence-corrected chi connectivity index (χ0v) is 15.9. The maximum atomic E-state index is 11.9. The number of ether oxygens (including phenoxy) is 1. The first-order valence-electron chi connectivity index (χ1n) is 8.68. The van der Waals surface area contributed by atoms with Gasteiger partial charge in [-0.05, 0) is 32.9 Å². The van der Waals surface area contributed by atoms with Gasteiger partial charge >= 0.3 is 6.09 Å². The number of carbonyl (C=O) groups excluding carboxylic acids is 1. The van der Waals surface area contributed by atoms with Crippen molar-refractivity contribution in [3.63, 3.8) is 0 Å². The number of piperazine rings is 1. The van der Waals surface area contributed by atoms with Crippen molar-refractivity contribution in [2.75, 3.05) is 44.2 Å². The summed E-state index contributed by atoms with van der Waals surface area (Å²) in [6.07, 6.45) is 0.434. The van der Waals surface area contributed by atoms with E-state index in [1.54, 1.807) is 16.2 Å². The molecular formula is C17H25N5O2S. The van der Waals surface area contributed by atoms with Gasteiger partial charge in [-0.15, -0.1) is 11.3 Å². The first kappa shape index (κ1) is 17.9. The molecule has 2 N–H and O–H groups in total. The molecule has 3 rings (SSSR count). The Balaban J connectivity index is 1.89. The van der Waals surface area contributed by atoms with Crippen LogP contribution in [0.15, 0.2) is 0 Å². The van der Waals surface area contributed by atoms with Gasteiger partial charge in [0.2, 0.25) is 0 Å². The highest BCUT2D eigenvalue weighted by Crippen LogP contribution is 2.35. The van der Waals surface area contributed by atoms with Gasteiger partial charge in [-0.2, -0.15) is 0 Å². The number of thiophene rings is 1. The van der Waals surface area contributed by atoms with E-state index >= 15 is 0 Å². The third-order valence-electron chi connectivity index (χ3n) is 4.53. The average molecular weight is 363 g/mol. The molecule has 3 heterocycles. The molecule has 136 valence electrons. The van der Waals surface area contributed by atoms with Crippen molar-refractivity contribution in [2.24, 2.45) is 5.73 Å². The second-order valence-electron chi connectivity index (χ2n) is 6.14. The lowest BCUT2D eigenvalue weighted by Crippen LogP contribution is -2.49. The van der Waals surface area contributed by atoms with E-state index in [0.717, 1.165) is 34.9 Å². The Hall–Kier alpha value is -1.93. The lowest BCUT2D eigenvalue weighted by Gasteiger charge is -2.35. The number of nitrogens with two attached hydrogens (primary N) is 1. The molecule has 0 unspecified atom stereocenters. The van der Waals surface area contributed by atoms with Crippen molar-refractivity contribution < 1.29 is 9.53 Å². The summed E-state index contributed by atoms with van der Waals surface area (Å²) in [5.74, 6) is 1.76. The van der Waals surface area contributed by atoms with Crippen LogP contribution in [0.25, 0.3) is 10.2 Å². The number of fused-ring (bicyclic) bond motifs is 1. The van der Waals surface area contributed by atoms with Crippen LogP contribution < -0.4 is 10.6 Å². The molecule has 2 aromatic heterocycles. The highest BCUT2D eigenvalue weighted by Gasteiger charge is 2.25. The number of anilines is 1. The molecule has 0 aromatic carbocycles. The minimum Gasteiger partial charge on any atom is -0.450 e. The van der Waals surface area contributed by atoms with Crippen molar-refractivity contribution in [1.82, 2.24) is 14.9 Å². The number of rotatable bonds is 4. The van der Waals surface area contributed by atoms with Crippen LogP contribution in [0.5, 0.6) is 0 Å². The fourth-order valence-electron chi connectivity index (χ4n) is 3.06. The standard InChI is InChI=1S/C17H25N5O2S/c1-4-24-17(23)22-9-7-21(8-10-22)15-14-11(2)12(3)25-16(14)20-13(19-15)5-6-18/h4-10,18H2,1-3H3. The lowest BCUT2D eigenvalue weighted by molar-refractivity contribution is 0.105. The van der Waals surface area contributed by atoms with Crippen molar-refractivity contribution in [2.45, 2.75) is 27.2 Å². The molecule has 8 heteroatoms. The summed E-state index contributed by atoms with van der Waals surface area (Å²) in [6, 6.07) is 0. The molecule has 1 fully saturated rings. The third kappa shape index (κ3) is 3.55. The molecule has 7 nitrogen and oxygen atoms in total. The van der Waals surface area contributed by atoms with Crippen LogP contribution in [-0.2, 0) is 11.2 Å². The quantitative estimate of drug-likeness (QED) is 0.895. The van der Waals surface area contributed by atoms with Gasteiger partial charge in [0.1, 0.15) is 16.5 Å². The summed E-state index contributed by atoms with van der Waals surface area (Å²) in [7, 11) is 0. The largest absolute Gasteiger partial charge is 0.450 e. The molecule has 1 saturated heterocycles. The van der Waals surface area contributed by atoms with Crippen LogP contribution in [-0.4, -0.2) is 60.3 Å². The Morgan fingerprint density at radius 2 is 1.96 bits per heavy atom.